The Balaban J connectivity index is 1.78. The summed E-state index contributed by atoms with van der Waals surface area (Å²) in [5, 5.41) is 17.7. The highest BCUT2D eigenvalue weighted by molar-refractivity contribution is 5.59. The second kappa shape index (κ2) is 7.46. The van der Waals surface area contributed by atoms with E-state index in [2.05, 4.69) is 68.0 Å². The van der Waals surface area contributed by atoms with Crippen molar-refractivity contribution in [2.24, 2.45) is 0 Å². The fourth-order valence-electron chi connectivity index (χ4n) is 4.04. The van der Waals surface area contributed by atoms with Crippen LogP contribution in [0, 0.1) is 11.8 Å². The smallest absolute Gasteiger partial charge is 0.113 e. The Morgan fingerprint density at radius 3 is 2.33 bits per heavy atom. The van der Waals surface area contributed by atoms with Gasteiger partial charge in [0.25, 0.3) is 0 Å². The zero-order valence-electron chi connectivity index (χ0n) is 17.0. The molecule has 2 aromatic rings. The van der Waals surface area contributed by atoms with E-state index in [0.29, 0.717) is 12.5 Å². The van der Waals surface area contributed by atoms with E-state index < -0.39 is 0 Å². The van der Waals surface area contributed by atoms with Gasteiger partial charge in [0.05, 0.1) is 18.8 Å². The van der Waals surface area contributed by atoms with E-state index in [4.69, 9.17) is 5.11 Å². The molecule has 5 heteroatoms. The van der Waals surface area contributed by atoms with Crippen molar-refractivity contribution >= 4 is 0 Å². The van der Waals surface area contributed by atoms with Gasteiger partial charge >= 0.3 is 0 Å². The van der Waals surface area contributed by atoms with Crippen molar-refractivity contribution in [1.29, 1.82) is 0 Å². The SMILES string of the molecule is CN1C(C)(C)CC(n2cc(-c3ccc(C#CCCO)cc3)nn2)CC1(C)C. The van der Waals surface area contributed by atoms with Gasteiger partial charge in [-0.25, -0.2) is 4.68 Å². The Morgan fingerprint density at radius 2 is 1.74 bits per heavy atom. The summed E-state index contributed by atoms with van der Waals surface area (Å²) in [6.45, 7) is 9.30. The van der Waals surface area contributed by atoms with E-state index in [1.54, 1.807) is 0 Å². The Morgan fingerprint density at radius 1 is 1.11 bits per heavy atom. The van der Waals surface area contributed by atoms with Crippen LogP contribution in [0.25, 0.3) is 11.3 Å². The number of hydrogen-bond acceptors (Lipinski definition) is 4. The lowest BCUT2D eigenvalue weighted by molar-refractivity contribution is -0.0288. The van der Waals surface area contributed by atoms with Crippen LogP contribution in [0.2, 0.25) is 0 Å². The van der Waals surface area contributed by atoms with Crippen molar-refractivity contribution in [3.63, 3.8) is 0 Å². The van der Waals surface area contributed by atoms with Gasteiger partial charge in [-0.3, -0.25) is 4.90 Å². The van der Waals surface area contributed by atoms with E-state index in [1.165, 1.54) is 0 Å². The monoisotopic (exact) mass is 366 g/mol. The Labute approximate surface area is 162 Å². The minimum Gasteiger partial charge on any atom is -0.395 e. The van der Waals surface area contributed by atoms with Crippen molar-refractivity contribution in [2.45, 2.75) is 64.1 Å². The standard InChI is InChI=1S/C22H30N4O/c1-21(2)14-19(15-22(3,4)25(21)5)26-16-20(23-24-26)18-11-9-17(10-12-18)8-6-7-13-27/h9-12,16,19,27H,7,13-15H2,1-5H3. The van der Waals surface area contributed by atoms with Gasteiger partial charge in [0.1, 0.15) is 5.69 Å². The molecule has 0 radical (unpaired) electrons. The maximum absolute atomic E-state index is 8.80. The van der Waals surface area contributed by atoms with Crippen LogP contribution in [0.4, 0.5) is 0 Å². The molecule has 0 saturated carbocycles. The molecule has 1 aromatic heterocycles. The second-order valence-electron chi connectivity index (χ2n) is 8.68. The van der Waals surface area contributed by atoms with Crippen LogP contribution in [0.5, 0.6) is 0 Å². The summed E-state index contributed by atoms with van der Waals surface area (Å²) in [4.78, 5) is 2.48. The third kappa shape index (κ3) is 4.23. The normalized spacial score (nSPS) is 19.5. The number of aliphatic hydroxyl groups is 1. The number of aromatic nitrogens is 3. The molecular weight excluding hydrogens is 336 g/mol. The molecule has 0 spiro atoms. The van der Waals surface area contributed by atoms with Gasteiger partial charge in [-0.15, -0.1) is 5.10 Å². The van der Waals surface area contributed by atoms with Gasteiger partial charge in [0.15, 0.2) is 0 Å². The number of hydrogen-bond donors (Lipinski definition) is 1. The molecule has 2 heterocycles. The largest absolute Gasteiger partial charge is 0.395 e. The molecule has 1 aliphatic heterocycles. The molecule has 144 valence electrons. The van der Waals surface area contributed by atoms with Crippen molar-refractivity contribution < 1.29 is 5.11 Å². The lowest BCUT2D eigenvalue weighted by atomic mass is 9.77. The molecule has 1 fully saturated rings. The summed E-state index contributed by atoms with van der Waals surface area (Å²) in [6, 6.07) is 8.37. The number of likely N-dealkylation sites (tertiary alicyclic amines) is 1. The van der Waals surface area contributed by atoms with Crippen molar-refractivity contribution in [3.8, 4) is 23.1 Å². The van der Waals surface area contributed by atoms with Gasteiger partial charge in [0.2, 0.25) is 0 Å². The third-order valence-electron chi connectivity index (χ3n) is 5.82. The summed E-state index contributed by atoms with van der Waals surface area (Å²) >= 11 is 0. The predicted octanol–water partition coefficient (Wildman–Crippen LogP) is 3.50. The predicted molar refractivity (Wildman–Crippen MR) is 108 cm³/mol. The highest BCUT2D eigenvalue weighted by Crippen LogP contribution is 2.42. The highest BCUT2D eigenvalue weighted by Gasteiger charge is 2.43. The zero-order chi connectivity index (χ0) is 19.7. The van der Waals surface area contributed by atoms with Gasteiger partial charge in [-0.05, 0) is 59.7 Å². The first kappa shape index (κ1) is 19.6. The Bertz CT molecular complexity index is 821. The Kier molecular flexibility index (Phi) is 5.41. The van der Waals surface area contributed by atoms with Crippen LogP contribution >= 0.6 is 0 Å². The van der Waals surface area contributed by atoms with E-state index in [1.807, 2.05) is 28.9 Å². The Hall–Kier alpha value is -2.16. The summed E-state index contributed by atoms with van der Waals surface area (Å²) in [6.07, 6.45) is 4.66. The van der Waals surface area contributed by atoms with E-state index >= 15 is 0 Å². The van der Waals surface area contributed by atoms with Gasteiger partial charge in [0, 0.05) is 28.6 Å². The van der Waals surface area contributed by atoms with Gasteiger partial charge < -0.3 is 5.11 Å². The summed E-state index contributed by atoms with van der Waals surface area (Å²) in [5.41, 5.74) is 3.11. The van der Waals surface area contributed by atoms with Crippen LogP contribution in [-0.4, -0.2) is 49.7 Å². The van der Waals surface area contributed by atoms with Crippen LogP contribution in [0.1, 0.15) is 58.6 Å². The molecule has 0 bridgehead atoms. The molecule has 1 aromatic carbocycles. The third-order valence-corrected chi connectivity index (χ3v) is 5.82. The second-order valence-corrected chi connectivity index (χ2v) is 8.68. The van der Waals surface area contributed by atoms with E-state index in [-0.39, 0.29) is 17.7 Å². The topological polar surface area (TPSA) is 54.2 Å². The van der Waals surface area contributed by atoms with Crippen LogP contribution in [0.15, 0.2) is 30.5 Å². The van der Waals surface area contributed by atoms with Crippen LogP contribution < -0.4 is 0 Å². The highest BCUT2D eigenvalue weighted by atomic mass is 16.2. The zero-order valence-corrected chi connectivity index (χ0v) is 17.0. The summed E-state index contributed by atoms with van der Waals surface area (Å²) < 4.78 is 2.04. The van der Waals surface area contributed by atoms with Gasteiger partial charge in [-0.1, -0.05) is 29.2 Å². The molecule has 1 aliphatic rings. The number of benzene rings is 1. The minimum absolute atomic E-state index is 0.0960. The first-order valence-corrected chi connectivity index (χ1v) is 9.59. The molecule has 0 aliphatic carbocycles. The lowest BCUT2D eigenvalue weighted by Crippen LogP contribution is -2.58. The molecule has 1 N–H and O–H groups in total. The first-order valence-electron chi connectivity index (χ1n) is 9.59. The number of aliphatic hydroxyl groups excluding tert-OH is 1. The average Bonchev–Trinajstić information content (AvgIpc) is 3.10. The molecular formula is C22H30N4O. The van der Waals surface area contributed by atoms with E-state index in [9.17, 15) is 0 Å². The fourth-order valence-corrected chi connectivity index (χ4v) is 4.04. The molecule has 5 nitrogen and oxygen atoms in total. The fraction of sp³-hybridized carbons (Fsp3) is 0.545. The minimum atomic E-state index is 0.0960. The molecule has 0 amide bonds. The number of nitrogens with zero attached hydrogens (tertiary/aromatic N) is 4. The lowest BCUT2D eigenvalue weighted by Gasteiger charge is -2.53. The first-order chi connectivity index (χ1) is 12.7. The van der Waals surface area contributed by atoms with Crippen LogP contribution in [0.3, 0.4) is 0 Å². The maximum atomic E-state index is 8.80. The molecule has 27 heavy (non-hydrogen) atoms. The molecule has 1 saturated heterocycles. The maximum Gasteiger partial charge on any atom is 0.113 e. The van der Waals surface area contributed by atoms with E-state index in [0.717, 1.165) is 29.7 Å². The average molecular weight is 367 g/mol. The molecule has 0 atom stereocenters. The molecule has 3 rings (SSSR count). The summed E-state index contributed by atoms with van der Waals surface area (Å²) in [5.74, 6) is 5.99. The summed E-state index contributed by atoms with van der Waals surface area (Å²) in [7, 11) is 2.22. The van der Waals surface area contributed by atoms with Crippen molar-refractivity contribution in [2.75, 3.05) is 13.7 Å². The van der Waals surface area contributed by atoms with Gasteiger partial charge in [-0.2, -0.15) is 0 Å². The number of piperidine rings is 1. The number of rotatable bonds is 3. The molecule has 0 unspecified atom stereocenters. The van der Waals surface area contributed by atoms with Crippen LogP contribution in [-0.2, 0) is 0 Å². The van der Waals surface area contributed by atoms with Crippen molar-refractivity contribution in [3.05, 3.63) is 36.0 Å². The van der Waals surface area contributed by atoms with Crippen molar-refractivity contribution in [1.82, 2.24) is 19.9 Å². The quantitative estimate of drug-likeness (QED) is 0.845.